The van der Waals surface area contributed by atoms with Gasteiger partial charge in [0.15, 0.2) is 0 Å². The lowest BCUT2D eigenvalue weighted by Gasteiger charge is -2.12. The third-order valence-corrected chi connectivity index (χ3v) is 4.74. The number of amides is 4. The number of benzene rings is 2. The van der Waals surface area contributed by atoms with Crippen LogP contribution in [-0.4, -0.2) is 40.4 Å². The topological polar surface area (TPSA) is 129 Å². The largest absolute Gasteiger partial charge is 0.478 e. The maximum absolute atomic E-state index is 13.7. The first-order chi connectivity index (χ1) is 15.8. The van der Waals surface area contributed by atoms with Gasteiger partial charge in [0.1, 0.15) is 29.6 Å². The van der Waals surface area contributed by atoms with Gasteiger partial charge in [-0.3, -0.25) is 9.59 Å². The highest BCUT2D eigenvalue weighted by atomic mass is 19.1. The summed E-state index contributed by atoms with van der Waals surface area (Å²) in [5.41, 5.74) is 0.592. The molecule has 0 atom stereocenters. The molecule has 0 unspecified atom stereocenters. The Bertz CT molecular complexity index is 1300. The van der Waals surface area contributed by atoms with Gasteiger partial charge in [0.25, 0.3) is 5.91 Å². The molecule has 2 aromatic carbocycles. The van der Waals surface area contributed by atoms with Crippen molar-refractivity contribution in [3.63, 3.8) is 0 Å². The number of urea groups is 1. The van der Waals surface area contributed by atoms with Crippen molar-refractivity contribution < 1.29 is 33.1 Å². The van der Waals surface area contributed by atoms with Gasteiger partial charge < -0.3 is 20.2 Å². The number of nitrogens with one attached hydrogen (secondary N) is 2. The summed E-state index contributed by atoms with van der Waals surface area (Å²) in [5.74, 6) is -2.49. The zero-order chi connectivity index (χ0) is 23.5. The van der Waals surface area contributed by atoms with Crippen molar-refractivity contribution in [2.45, 2.75) is 0 Å². The van der Waals surface area contributed by atoms with Gasteiger partial charge in [-0.2, -0.15) is 0 Å². The molecule has 1 aliphatic rings. The second-order valence-electron chi connectivity index (χ2n) is 6.99. The summed E-state index contributed by atoms with van der Waals surface area (Å²) in [5, 5.41) is 13.7. The molecule has 0 radical (unpaired) electrons. The monoisotopic (exact) mass is 449 g/mol. The van der Waals surface area contributed by atoms with Gasteiger partial charge in [0, 0.05) is 11.6 Å². The van der Waals surface area contributed by atoms with Crippen LogP contribution in [0.15, 0.2) is 70.8 Å². The molecule has 4 amide bonds. The first-order valence-electron chi connectivity index (χ1n) is 9.64. The molecular formula is C23H16FN3O6. The molecule has 0 aliphatic carbocycles. The molecular weight excluding hydrogens is 433 g/mol. The minimum Gasteiger partial charge on any atom is -0.478 e. The molecule has 0 spiro atoms. The second kappa shape index (κ2) is 8.79. The van der Waals surface area contributed by atoms with Gasteiger partial charge in [-0.15, -0.1) is 0 Å². The average Bonchev–Trinajstić information content (AvgIpc) is 3.36. The Morgan fingerprint density at radius 2 is 1.79 bits per heavy atom. The molecule has 1 fully saturated rings. The summed E-state index contributed by atoms with van der Waals surface area (Å²) in [6.07, 6.45) is 1.31. The first-order valence-corrected chi connectivity index (χ1v) is 9.64. The Balaban J connectivity index is 1.45. The number of halogens is 1. The third kappa shape index (κ3) is 4.64. The lowest BCUT2D eigenvalue weighted by Crippen LogP contribution is -2.38. The third-order valence-electron chi connectivity index (χ3n) is 4.74. The van der Waals surface area contributed by atoms with E-state index in [9.17, 15) is 23.6 Å². The highest BCUT2D eigenvalue weighted by Crippen LogP contribution is 2.24. The van der Waals surface area contributed by atoms with Gasteiger partial charge in [-0.1, -0.05) is 24.3 Å². The molecule has 3 N–H and O–H groups in total. The van der Waals surface area contributed by atoms with E-state index in [0.717, 1.165) is 0 Å². The summed E-state index contributed by atoms with van der Waals surface area (Å²) in [4.78, 5) is 48.6. The number of carbonyl (C=O) groups is 4. The predicted octanol–water partition coefficient (Wildman–Crippen LogP) is 3.32. The number of carboxylic acids is 1. The smallest absolute Gasteiger partial charge is 0.335 e. The molecule has 0 saturated carbocycles. The van der Waals surface area contributed by atoms with Crippen molar-refractivity contribution in [2.24, 2.45) is 0 Å². The Morgan fingerprint density at radius 1 is 1.06 bits per heavy atom. The molecule has 9 nitrogen and oxygen atoms in total. The van der Waals surface area contributed by atoms with Crippen molar-refractivity contribution in [2.75, 3.05) is 11.9 Å². The van der Waals surface area contributed by atoms with Gasteiger partial charge >= 0.3 is 12.0 Å². The Labute approximate surface area is 186 Å². The van der Waals surface area contributed by atoms with E-state index in [1.165, 1.54) is 42.5 Å². The van der Waals surface area contributed by atoms with Crippen molar-refractivity contribution in [3.05, 3.63) is 83.5 Å². The zero-order valence-electron chi connectivity index (χ0n) is 16.9. The highest BCUT2D eigenvalue weighted by Gasteiger charge is 2.35. The maximum Gasteiger partial charge on any atom is 0.335 e. The average molecular weight is 449 g/mol. The molecule has 2 heterocycles. The number of imide groups is 1. The zero-order valence-corrected chi connectivity index (χ0v) is 16.9. The van der Waals surface area contributed by atoms with E-state index in [-0.39, 0.29) is 22.7 Å². The van der Waals surface area contributed by atoms with E-state index in [1.807, 2.05) is 0 Å². The van der Waals surface area contributed by atoms with Crippen LogP contribution in [0, 0.1) is 5.82 Å². The van der Waals surface area contributed by atoms with Crippen LogP contribution in [0.3, 0.4) is 0 Å². The number of rotatable bonds is 6. The van der Waals surface area contributed by atoms with Gasteiger partial charge in [0.2, 0.25) is 5.91 Å². The van der Waals surface area contributed by atoms with Crippen molar-refractivity contribution in [3.8, 4) is 11.3 Å². The number of nitrogens with zero attached hydrogens (tertiary/aromatic N) is 1. The second-order valence-corrected chi connectivity index (χ2v) is 6.99. The number of furan rings is 1. The molecule has 1 aromatic heterocycles. The Kier molecular flexibility index (Phi) is 5.73. The molecule has 0 bridgehead atoms. The maximum atomic E-state index is 13.7. The van der Waals surface area contributed by atoms with Crippen LogP contribution in [0.4, 0.5) is 14.9 Å². The van der Waals surface area contributed by atoms with Crippen LogP contribution in [0.2, 0.25) is 0 Å². The fraction of sp³-hybridized carbons (Fsp3) is 0.0435. The van der Waals surface area contributed by atoms with Crippen molar-refractivity contribution >= 4 is 35.6 Å². The van der Waals surface area contributed by atoms with Crippen LogP contribution in [-0.2, 0) is 9.59 Å². The molecule has 10 heteroatoms. The van der Waals surface area contributed by atoms with E-state index in [0.29, 0.717) is 16.2 Å². The van der Waals surface area contributed by atoms with Crippen LogP contribution in [0.25, 0.3) is 17.4 Å². The van der Waals surface area contributed by atoms with Gasteiger partial charge in [0.05, 0.1) is 11.3 Å². The molecule has 3 aromatic rings. The number of hydrogen-bond acceptors (Lipinski definition) is 5. The lowest BCUT2D eigenvalue weighted by atomic mass is 10.1. The number of hydrogen-bond donors (Lipinski definition) is 3. The van der Waals surface area contributed by atoms with E-state index in [4.69, 9.17) is 9.52 Å². The molecule has 4 rings (SSSR count). The number of carbonyl (C=O) groups excluding carboxylic acids is 3. The van der Waals surface area contributed by atoms with Crippen LogP contribution < -0.4 is 10.6 Å². The van der Waals surface area contributed by atoms with Crippen molar-refractivity contribution in [1.29, 1.82) is 0 Å². The molecule has 1 aliphatic heterocycles. The number of para-hydroxylation sites is 1. The summed E-state index contributed by atoms with van der Waals surface area (Å²) < 4.78 is 19.3. The molecule has 1 saturated heterocycles. The van der Waals surface area contributed by atoms with E-state index < -0.39 is 36.2 Å². The van der Waals surface area contributed by atoms with Gasteiger partial charge in [-0.05, 0) is 36.4 Å². The van der Waals surface area contributed by atoms with Crippen LogP contribution in [0.5, 0.6) is 0 Å². The standard InChI is InChI=1S/C23H16FN3O6/c24-16-3-1-2-4-17(16)25-20(28)12-27-21(29)18(26-23(27)32)11-15-9-10-19(33-15)13-5-7-14(8-6-13)22(30)31/h1-11H,12H2,(H,25,28)(H,26,32)(H,30,31)/b18-11+. The fourth-order valence-electron chi connectivity index (χ4n) is 3.12. The normalized spacial score (nSPS) is 14.5. The Hall–Kier alpha value is -4.73. The fourth-order valence-corrected chi connectivity index (χ4v) is 3.12. The van der Waals surface area contributed by atoms with E-state index in [2.05, 4.69) is 10.6 Å². The summed E-state index contributed by atoms with van der Waals surface area (Å²) in [6.45, 7) is -0.602. The lowest BCUT2D eigenvalue weighted by molar-refractivity contribution is -0.127. The minimum absolute atomic E-state index is 0.0650. The van der Waals surface area contributed by atoms with Crippen LogP contribution >= 0.6 is 0 Å². The SMILES string of the molecule is O=C(CN1C(=O)N/C(=C/c2ccc(-c3ccc(C(=O)O)cc3)o2)C1=O)Nc1ccccc1F. The van der Waals surface area contributed by atoms with Crippen LogP contribution in [0.1, 0.15) is 16.1 Å². The Morgan fingerprint density at radius 3 is 2.48 bits per heavy atom. The number of carboxylic acid groups (broad SMARTS) is 1. The molecule has 33 heavy (non-hydrogen) atoms. The van der Waals surface area contributed by atoms with E-state index in [1.54, 1.807) is 24.3 Å². The van der Waals surface area contributed by atoms with Crippen molar-refractivity contribution in [1.82, 2.24) is 10.2 Å². The van der Waals surface area contributed by atoms with E-state index >= 15 is 0 Å². The minimum atomic E-state index is -1.05. The van der Waals surface area contributed by atoms with Gasteiger partial charge in [-0.25, -0.2) is 18.9 Å². The quantitative estimate of drug-likeness (QED) is 0.391. The predicted molar refractivity (Wildman–Crippen MR) is 114 cm³/mol. The summed E-state index contributed by atoms with van der Waals surface area (Å²) in [7, 11) is 0. The summed E-state index contributed by atoms with van der Waals surface area (Å²) in [6, 6.07) is 13.9. The molecule has 166 valence electrons. The summed E-state index contributed by atoms with van der Waals surface area (Å²) >= 11 is 0. The number of anilines is 1. The first kappa shape index (κ1) is 21.5. The highest BCUT2D eigenvalue weighted by molar-refractivity contribution is 6.15. The number of aromatic carboxylic acids is 1.